The summed E-state index contributed by atoms with van der Waals surface area (Å²) < 4.78 is 0. The molecule has 6 nitrogen and oxygen atoms in total. The zero-order valence-corrected chi connectivity index (χ0v) is 12.1. The fourth-order valence-corrected chi connectivity index (χ4v) is 2.78. The molecule has 0 unspecified atom stereocenters. The van der Waals surface area contributed by atoms with Gasteiger partial charge in [-0.3, -0.25) is 14.9 Å². The third kappa shape index (κ3) is 2.00. The topological polar surface area (TPSA) is 111 Å². The van der Waals surface area contributed by atoms with Gasteiger partial charge in [0.15, 0.2) is 0 Å². The van der Waals surface area contributed by atoms with Crippen LogP contribution in [0.25, 0.3) is 32.9 Å². The molecule has 23 heavy (non-hydrogen) atoms. The molecular weight excluding hydrogens is 290 g/mol. The molecule has 0 aliphatic carbocycles. The molecule has 0 bridgehead atoms. The molecule has 0 saturated carbocycles. The molecule has 0 radical (unpaired) electrons. The van der Waals surface area contributed by atoms with Crippen LogP contribution in [0.1, 0.15) is 10.4 Å². The van der Waals surface area contributed by atoms with Crippen LogP contribution in [0.3, 0.4) is 0 Å². The van der Waals surface area contributed by atoms with Gasteiger partial charge in [-0.25, -0.2) is 0 Å². The van der Waals surface area contributed by atoms with Crippen molar-refractivity contribution in [3.63, 3.8) is 0 Å². The third-order valence-corrected chi connectivity index (χ3v) is 3.96. The van der Waals surface area contributed by atoms with Crippen LogP contribution < -0.4 is 11.5 Å². The Morgan fingerprint density at radius 3 is 2.83 bits per heavy atom. The normalized spacial score (nSPS) is 11.1. The van der Waals surface area contributed by atoms with Gasteiger partial charge >= 0.3 is 0 Å². The van der Waals surface area contributed by atoms with Crippen LogP contribution in [0.5, 0.6) is 0 Å². The Hall–Kier alpha value is -3.41. The van der Waals surface area contributed by atoms with Crippen molar-refractivity contribution in [2.24, 2.45) is 5.73 Å². The molecule has 0 saturated heterocycles. The zero-order valence-electron chi connectivity index (χ0n) is 12.1. The second-order valence-electron chi connectivity index (χ2n) is 5.32. The number of pyridine rings is 1. The molecule has 2 aromatic carbocycles. The Kier molecular flexibility index (Phi) is 2.77. The number of carbonyl (C=O) groups excluding carboxylic acids is 1. The van der Waals surface area contributed by atoms with Gasteiger partial charge in [-0.2, -0.15) is 5.10 Å². The molecule has 6 heteroatoms. The van der Waals surface area contributed by atoms with Crippen molar-refractivity contribution >= 4 is 33.4 Å². The zero-order chi connectivity index (χ0) is 16.0. The number of nitrogen functional groups attached to an aromatic ring is 1. The molecule has 112 valence electrons. The number of fused-ring (bicyclic) bond motifs is 2. The van der Waals surface area contributed by atoms with E-state index in [1.54, 1.807) is 6.20 Å². The van der Waals surface area contributed by atoms with E-state index in [0.29, 0.717) is 11.1 Å². The van der Waals surface area contributed by atoms with Crippen LogP contribution in [-0.4, -0.2) is 21.1 Å². The van der Waals surface area contributed by atoms with Crippen molar-refractivity contribution in [3.8, 4) is 11.1 Å². The van der Waals surface area contributed by atoms with Crippen LogP contribution in [0.2, 0.25) is 0 Å². The lowest BCUT2D eigenvalue weighted by atomic mass is 9.99. The fourth-order valence-electron chi connectivity index (χ4n) is 2.78. The summed E-state index contributed by atoms with van der Waals surface area (Å²) in [7, 11) is 0. The van der Waals surface area contributed by atoms with Crippen molar-refractivity contribution in [1.29, 1.82) is 0 Å². The van der Waals surface area contributed by atoms with Gasteiger partial charge < -0.3 is 11.5 Å². The first-order valence-corrected chi connectivity index (χ1v) is 7.05. The van der Waals surface area contributed by atoms with Gasteiger partial charge in [0.25, 0.3) is 5.91 Å². The Morgan fingerprint density at radius 2 is 2.00 bits per heavy atom. The number of primary amides is 1. The molecule has 0 aliphatic rings. The van der Waals surface area contributed by atoms with Gasteiger partial charge in [-0.1, -0.05) is 30.3 Å². The molecule has 0 atom stereocenters. The third-order valence-electron chi connectivity index (χ3n) is 3.96. The van der Waals surface area contributed by atoms with Crippen molar-refractivity contribution in [2.45, 2.75) is 0 Å². The molecule has 2 heterocycles. The minimum absolute atomic E-state index is 0.235. The lowest BCUT2D eigenvalue weighted by molar-refractivity contribution is 0.100. The molecule has 0 spiro atoms. The summed E-state index contributed by atoms with van der Waals surface area (Å²) in [6, 6.07) is 11.7. The molecule has 2 aromatic heterocycles. The maximum Gasteiger partial charge on any atom is 0.252 e. The highest BCUT2D eigenvalue weighted by Crippen LogP contribution is 2.32. The highest BCUT2D eigenvalue weighted by atomic mass is 16.1. The Bertz CT molecular complexity index is 1070. The first-order chi connectivity index (χ1) is 11.1. The summed E-state index contributed by atoms with van der Waals surface area (Å²) in [5.41, 5.74) is 15.6. The van der Waals surface area contributed by atoms with E-state index in [9.17, 15) is 4.79 Å². The van der Waals surface area contributed by atoms with Crippen molar-refractivity contribution in [1.82, 2.24) is 15.2 Å². The minimum Gasteiger partial charge on any atom is -0.397 e. The molecular formula is C17H13N5O. The van der Waals surface area contributed by atoms with Crippen molar-refractivity contribution in [2.75, 3.05) is 5.73 Å². The number of nitrogens with one attached hydrogen (secondary N) is 1. The SMILES string of the molecule is NC(=O)c1cnc2c(-c3ccc4cn[nH]c4c3)cccc2c1N. The van der Waals surface area contributed by atoms with Crippen LogP contribution >= 0.6 is 0 Å². The predicted molar refractivity (Wildman–Crippen MR) is 89.8 cm³/mol. The number of carbonyl (C=O) groups is 1. The van der Waals surface area contributed by atoms with Gasteiger partial charge in [0.1, 0.15) is 0 Å². The van der Waals surface area contributed by atoms with E-state index in [1.165, 1.54) is 6.20 Å². The summed E-state index contributed by atoms with van der Waals surface area (Å²) >= 11 is 0. The van der Waals surface area contributed by atoms with E-state index in [1.807, 2.05) is 36.4 Å². The minimum atomic E-state index is -0.582. The van der Waals surface area contributed by atoms with Crippen LogP contribution in [0.4, 0.5) is 5.69 Å². The predicted octanol–water partition coefficient (Wildman–Crippen LogP) is 2.46. The van der Waals surface area contributed by atoms with Gasteiger partial charge in [0, 0.05) is 22.5 Å². The second-order valence-corrected chi connectivity index (χ2v) is 5.32. The number of rotatable bonds is 2. The highest BCUT2D eigenvalue weighted by Gasteiger charge is 2.13. The lowest BCUT2D eigenvalue weighted by Crippen LogP contribution is -2.14. The standard InChI is InChI=1S/C17H13N5O/c18-15-12-3-1-2-11(16(12)20-8-13(15)17(19)23)9-4-5-10-7-21-22-14(10)6-9/h1-8H,(H2,18,20)(H2,19,23)(H,21,22). The average Bonchev–Trinajstić information content (AvgIpc) is 3.02. The van der Waals surface area contributed by atoms with Gasteiger partial charge in [0.05, 0.1) is 28.5 Å². The molecule has 1 amide bonds. The molecule has 4 aromatic rings. The van der Waals surface area contributed by atoms with Crippen LogP contribution in [0, 0.1) is 0 Å². The molecule has 4 rings (SSSR count). The number of hydrogen-bond donors (Lipinski definition) is 3. The number of aromatic amines is 1. The maximum atomic E-state index is 11.4. The fraction of sp³-hybridized carbons (Fsp3) is 0. The number of anilines is 1. The van der Waals surface area contributed by atoms with Gasteiger partial charge in [0.2, 0.25) is 0 Å². The first kappa shape index (κ1) is 13.3. The summed E-state index contributed by atoms with van der Waals surface area (Å²) in [5.74, 6) is -0.582. The second kappa shape index (κ2) is 4.81. The summed E-state index contributed by atoms with van der Waals surface area (Å²) in [6.45, 7) is 0. The molecule has 0 aliphatic heterocycles. The number of aromatic nitrogens is 3. The van der Waals surface area contributed by atoms with E-state index in [-0.39, 0.29) is 5.56 Å². The van der Waals surface area contributed by atoms with E-state index < -0.39 is 5.91 Å². The number of amides is 1. The number of nitrogens with zero attached hydrogens (tertiary/aromatic N) is 2. The number of para-hydroxylation sites is 1. The van der Waals surface area contributed by atoms with Gasteiger partial charge in [-0.15, -0.1) is 0 Å². The Balaban J connectivity index is 2.00. The van der Waals surface area contributed by atoms with E-state index in [2.05, 4.69) is 15.2 Å². The van der Waals surface area contributed by atoms with Crippen LogP contribution in [-0.2, 0) is 0 Å². The van der Waals surface area contributed by atoms with E-state index in [4.69, 9.17) is 11.5 Å². The highest BCUT2D eigenvalue weighted by molar-refractivity contribution is 6.08. The quantitative estimate of drug-likeness (QED) is 0.528. The largest absolute Gasteiger partial charge is 0.397 e. The number of H-pyrrole nitrogens is 1. The van der Waals surface area contributed by atoms with Crippen LogP contribution in [0.15, 0.2) is 48.8 Å². The van der Waals surface area contributed by atoms with E-state index in [0.717, 1.165) is 27.5 Å². The lowest BCUT2D eigenvalue weighted by Gasteiger charge is -2.10. The van der Waals surface area contributed by atoms with Crippen molar-refractivity contribution in [3.05, 3.63) is 54.4 Å². The average molecular weight is 303 g/mol. The maximum absolute atomic E-state index is 11.4. The summed E-state index contributed by atoms with van der Waals surface area (Å²) in [6.07, 6.45) is 3.20. The molecule has 0 fully saturated rings. The summed E-state index contributed by atoms with van der Waals surface area (Å²) in [5, 5.41) is 8.74. The van der Waals surface area contributed by atoms with E-state index >= 15 is 0 Å². The smallest absolute Gasteiger partial charge is 0.252 e. The monoisotopic (exact) mass is 303 g/mol. The first-order valence-electron chi connectivity index (χ1n) is 7.05. The number of hydrogen-bond acceptors (Lipinski definition) is 4. The Morgan fingerprint density at radius 1 is 1.13 bits per heavy atom. The van der Waals surface area contributed by atoms with Crippen molar-refractivity contribution < 1.29 is 4.79 Å². The van der Waals surface area contributed by atoms with Gasteiger partial charge in [-0.05, 0) is 11.6 Å². The Labute approximate surface area is 131 Å². The number of nitrogens with two attached hydrogens (primary N) is 2. The summed E-state index contributed by atoms with van der Waals surface area (Å²) in [4.78, 5) is 15.8. The molecule has 5 N–H and O–H groups in total. The number of benzene rings is 2.